The van der Waals surface area contributed by atoms with E-state index in [1.54, 1.807) is 6.08 Å². The van der Waals surface area contributed by atoms with Gasteiger partial charge in [-0.15, -0.1) is 0 Å². The Kier molecular flexibility index (Phi) is 7.77. The van der Waals surface area contributed by atoms with Crippen LogP contribution in [0.3, 0.4) is 0 Å². The molecule has 0 saturated heterocycles. The largest absolute Gasteiger partial charge is 0.466 e. The summed E-state index contributed by atoms with van der Waals surface area (Å²) >= 11 is 0. The molecule has 0 N–H and O–H groups in total. The second-order valence-electron chi connectivity index (χ2n) is 11.0. The molecule has 0 spiro atoms. The minimum Gasteiger partial charge on any atom is -0.466 e. The highest BCUT2D eigenvalue weighted by molar-refractivity contribution is 6.74. The predicted octanol–water partition coefficient (Wildman–Crippen LogP) is 6.22. The van der Waals surface area contributed by atoms with Crippen LogP contribution >= 0.6 is 0 Å². The maximum Gasteiger partial charge on any atom is 0.330 e. The van der Waals surface area contributed by atoms with E-state index in [-0.39, 0.29) is 28.3 Å². The number of ether oxygens (including phenoxy) is 1. The van der Waals surface area contributed by atoms with Crippen molar-refractivity contribution in [3.63, 3.8) is 0 Å². The van der Waals surface area contributed by atoms with Crippen molar-refractivity contribution in [3.8, 4) is 0 Å². The average Bonchev–Trinajstić information content (AvgIpc) is 2.48. The van der Waals surface area contributed by atoms with Crippen molar-refractivity contribution in [2.24, 2.45) is 0 Å². The molecule has 1 aliphatic rings. The van der Waals surface area contributed by atoms with Gasteiger partial charge in [-0.1, -0.05) is 48.1 Å². The number of hydrogen-bond acceptors (Lipinski definition) is 4. The molecule has 0 aromatic heterocycles. The lowest BCUT2D eigenvalue weighted by Crippen LogP contribution is -2.49. The lowest BCUT2D eigenvalue weighted by molar-refractivity contribution is -0.134. The highest BCUT2D eigenvalue weighted by Gasteiger charge is 2.44. The molecule has 0 amide bonds. The summed E-state index contributed by atoms with van der Waals surface area (Å²) in [7, 11) is -2.52. The van der Waals surface area contributed by atoms with E-state index in [0.717, 1.165) is 17.6 Å². The summed E-state index contributed by atoms with van der Waals surface area (Å²) in [5, 5.41) is 0.232. The van der Waals surface area contributed by atoms with Gasteiger partial charge in [0.2, 0.25) is 0 Å². The number of carbonyl (C=O) groups is 1. The van der Waals surface area contributed by atoms with Crippen molar-refractivity contribution in [2.75, 3.05) is 7.11 Å². The highest BCUT2D eigenvalue weighted by Crippen LogP contribution is 2.44. The molecule has 0 bridgehead atoms. The summed E-state index contributed by atoms with van der Waals surface area (Å²) in [4.78, 5) is 11.9. The van der Waals surface area contributed by atoms with Crippen LogP contribution in [0, 0.1) is 0 Å². The average molecular weight is 427 g/mol. The molecule has 1 rings (SSSR count). The molecule has 162 valence electrons. The molecule has 0 unspecified atom stereocenters. The van der Waals surface area contributed by atoms with Crippen molar-refractivity contribution < 1.29 is 18.4 Å². The Labute approximate surface area is 175 Å². The maximum atomic E-state index is 11.9. The van der Waals surface area contributed by atoms with E-state index < -0.39 is 16.6 Å². The number of methoxy groups -OCH3 is 1. The molecule has 0 aromatic rings. The monoisotopic (exact) mass is 426 g/mol. The third kappa shape index (κ3) is 6.15. The maximum absolute atomic E-state index is 11.9. The fourth-order valence-corrected chi connectivity index (χ4v) is 5.40. The number of carbonyl (C=O) groups excluding carboxylic acids is 1. The minimum absolute atomic E-state index is 0.0251. The van der Waals surface area contributed by atoms with E-state index in [1.807, 2.05) is 0 Å². The zero-order valence-electron chi connectivity index (χ0n) is 20.0. The Hall–Kier alpha value is -0.696. The predicted molar refractivity (Wildman–Crippen MR) is 123 cm³/mol. The van der Waals surface area contributed by atoms with Crippen LogP contribution < -0.4 is 0 Å². The van der Waals surface area contributed by atoms with E-state index in [2.05, 4.69) is 74.3 Å². The summed E-state index contributed by atoms with van der Waals surface area (Å²) < 4.78 is 18.3. The van der Waals surface area contributed by atoms with Crippen LogP contribution in [0.15, 0.2) is 23.8 Å². The second-order valence-corrected chi connectivity index (χ2v) is 20.5. The topological polar surface area (TPSA) is 44.8 Å². The van der Waals surface area contributed by atoms with Gasteiger partial charge in [-0.05, 0) is 53.8 Å². The lowest BCUT2D eigenvalue weighted by Gasteiger charge is -2.45. The zero-order chi connectivity index (χ0) is 22.1. The summed E-state index contributed by atoms with van der Waals surface area (Å²) in [5.74, 6) is -0.352. The Balaban J connectivity index is 3.20. The van der Waals surface area contributed by atoms with Gasteiger partial charge in [0.15, 0.2) is 16.6 Å². The van der Waals surface area contributed by atoms with Crippen LogP contribution in [0.5, 0.6) is 0 Å². The molecule has 6 heteroatoms. The van der Waals surface area contributed by atoms with E-state index in [4.69, 9.17) is 13.6 Å². The molecule has 1 aliphatic carbocycles. The van der Waals surface area contributed by atoms with Gasteiger partial charge in [-0.25, -0.2) is 4.79 Å². The first-order valence-electron chi connectivity index (χ1n) is 10.2. The van der Waals surface area contributed by atoms with Gasteiger partial charge in [0.1, 0.15) is 0 Å². The first kappa shape index (κ1) is 25.3. The number of rotatable bonds is 5. The quantitative estimate of drug-likeness (QED) is 0.297. The standard InChI is InChI=1S/C22H42O4Si2/c1-16-17(14-20(23)24-8)13-18(25-27(9,10)21(2,3)4)15-19(16)26-28(11,12)22(5,6)7/h14,18-19H,1,13,15H2,2-12H3/b17-14-/t18-,19+/m1/s1. The van der Waals surface area contributed by atoms with E-state index in [0.29, 0.717) is 6.42 Å². The van der Waals surface area contributed by atoms with E-state index in [1.165, 1.54) is 7.11 Å². The molecule has 28 heavy (non-hydrogen) atoms. The van der Waals surface area contributed by atoms with Gasteiger partial charge >= 0.3 is 5.97 Å². The van der Waals surface area contributed by atoms with Gasteiger partial charge in [-0.3, -0.25) is 0 Å². The number of hydrogen-bond donors (Lipinski definition) is 0. The first-order valence-corrected chi connectivity index (χ1v) is 16.1. The van der Waals surface area contributed by atoms with E-state index in [9.17, 15) is 4.79 Å². The second kappa shape index (κ2) is 8.58. The Bertz CT molecular complexity index is 621. The molecule has 1 saturated carbocycles. The van der Waals surface area contributed by atoms with Crippen molar-refractivity contribution in [3.05, 3.63) is 23.8 Å². The van der Waals surface area contributed by atoms with Crippen molar-refractivity contribution in [2.45, 2.75) is 103 Å². The van der Waals surface area contributed by atoms with Crippen molar-refractivity contribution >= 4 is 22.6 Å². The van der Waals surface area contributed by atoms with Crippen LogP contribution in [-0.2, 0) is 18.4 Å². The van der Waals surface area contributed by atoms with Gasteiger partial charge in [0.05, 0.1) is 19.3 Å². The molecular formula is C22H42O4Si2. The summed E-state index contributed by atoms with van der Waals surface area (Å²) in [6.07, 6.45) is 2.93. The van der Waals surface area contributed by atoms with Crippen LogP contribution in [0.2, 0.25) is 36.3 Å². The smallest absolute Gasteiger partial charge is 0.330 e. The van der Waals surface area contributed by atoms with Crippen molar-refractivity contribution in [1.82, 2.24) is 0 Å². The SMILES string of the molecule is C=C1/C(=C\C(=O)OC)C[C@@H](O[Si](C)(C)C(C)(C)C)C[C@@H]1O[Si](C)(C)C(C)(C)C. The van der Waals surface area contributed by atoms with Gasteiger partial charge < -0.3 is 13.6 Å². The molecule has 0 aliphatic heterocycles. The van der Waals surface area contributed by atoms with Crippen LogP contribution in [0.1, 0.15) is 54.4 Å². The third-order valence-electron chi connectivity index (χ3n) is 6.73. The molecule has 0 heterocycles. The normalized spacial score (nSPS) is 23.8. The Morgan fingerprint density at radius 2 is 1.46 bits per heavy atom. The van der Waals surface area contributed by atoms with Crippen LogP contribution in [0.4, 0.5) is 0 Å². The summed E-state index contributed by atoms with van der Waals surface area (Å²) in [6, 6.07) is 0. The Morgan fingerprint density at radius 3 is 1.89 bits per heavy atom. The van der Waals surface area contributed by atoms with Gasteiger partial charge in [-0.2, -0.15) is 0 Å². The molecule has 4 nitrogen and oxygen atoms in total. The van der Waals surface area contributed by atoms with Gasteiger partial charge in [0.25, 0.3) is 0 Å². The highest BCUT2D eigenvalue weighted by atomic mass is 28.4. The molecule has 1 fully saturated rings. The van der Waals surface area contributed by atoms with Gasteiger partial charge in [0, 0.05) is 12.5 Å². The first-order chi connectivity index (χ1) is 12.4. The molecule has 2 atom stereocenters. The van der Waals surface area contributed by atoms with Crippen LogP contribution in [0.25, 0.3) is 0 Å². The third-order valence-corrected chi connectivity index (χ3v) is 15.8. The number of esters is 1. The Morgan fingerprint density at radius 1 is 1.00 bits per heavy atom. The van der Waals surface area contributed by atoms with Crippen molar-refractivity contribution in [1.29, 1.82) is 0 Å². The minimum atomic E-state index is -1.99. The molecule has 0 aromatic carbocycles. The lowest BCUT2D eigenvalue weighted by atomic mass is 9.86. The fraction of sp³-hybridized carbons (Fsp3) is 0.773. The summed E-state index contributed by atoms with van der Waals surface area (Å²) in [5.41, 5.74) is 1.79. The zero-order valence-corrected chi connectivity index (χ0v) is 22.0. The van der Waals surface area contributed by atoms with E-state index >= 15 is 0 Å². The molecule has 0 radical (unpaired) electrons. The summed E-state index contributed by atoms with van der Waals surface area (Å²) in [6.45, 7) is 26.8. The molecular weight excluding hydrogens is 384 g/mol. The van der Waals surface area contributed by atoms with Crippen LogP contribution in [-0.4, -0.2) is 41.9 Å². The fourth-order valence-electron chi connectivity index (χ4n) is 2.74.